The van der Waals surface area contributed by atoms with Gasteiger partial charge in [-0.3, -0.25) is 25.3 Å². The molecule has 0 aliphatic carbocycles. The van der Waals surface area contributed by atoms with Gasteiger partial charge in [-0.15, -0.1) is 0 Å². The molecule has 0 spiro atoms. The summed E-state index contributed by atoms with van der Waals surface area (Å²) in [4.78, 5) is 28.5. The van der Waals surface area contributed by atoms with Crippen LogP contribution in [0.5, 0.6) is 0 Å². The SMILES string of the molecule is O=C(C=Cc1ccc(Cl)cc1)NNC(=O)CCN1CCN(Cc2ccccc2)CC1. The molecule has 0 unspecified atom stereocenters. The standard InChI is InChI=1S/C23H27ClN4O2/c24-21-9-6-19(7-10-21)8-11-22(29)25-26-23(30)12-13-27-14-16-28(17-15-27)18-20-4-2-1-3-5-20/h1-11H,12-18H2,(H,25,29)(H,26,30). The number of benzene rings is 2. The van der Waals surface area contributed by atoms with Crippen molar-refractivity contribution in [2.75, 3.05) is 32.7 Å². The summed E-state index contributed by atoms with van der Waals surface area (Å²) in [6.07, 6.45) is 3.38. The second-order valence-electron chi connectivity index (χ2n) is 7.28. The van der Waals surface area contributed by atoms with Crippen LogP contribution >= 0.6 is 11.6 Å². The topological polar surface area (TPSA) is 64.7 Å². The first-order chi connectivity index (χ1) is 14.6. The van der Waals surface area contributed by atoms with Gasteiger partial charge in [0.2, 0.25) is 5.91 Å². The van der Waals surface area contributed by atoms with Gasteiger partial charge in [0.05, 0.1) is 0 Å². The van der Waals surface area contributed by atoms with Crippen molar-refractivity contribution in [2.45, 2.75) is 13.0 Å². The van der Waals surface area contributed by atoms with Crippen LogP contribution in [-0.2, 0) is 16.1 Å². The van der Waals surface area contributed by atoms with Gasteiger partial charge in [0.25, 0.3) is 5.91 Å². The highest BCUT2D eigenvalue weighted by atomic mass is 35.5. The highest BCUT2D eigenvalue weighted by Gasteiger charge is 2.17. The monoisotopic (exact) mass is 426 g/mol. The first kappa shape index (κ1) is 22.0. The van der Waals surface area contributed by atoms with Gasteiger partial charge in [-0.05, 0) is 29.3 Å². The molecule has 0 radical (unpaired) electrons. The van der Waals surface area contributed by atoms with E-state index >= 15 is 0 Å². The van der Waals surface area contributed by atoms with E-state index in [0.717, 1.165) is 38.3 Å². The fraction of sp³-hybridized carbons (Fsp3) is 0.304. The van der Waals surface area contributed by atoms with Crippen molar-refractivity contribution < 1.29 is 9.59 Å². The third-order valence-corrected chi connectivity index (χ3v) is 5.24. The number of rotatable bonds is 7. The summed E-state index contributed by atoms with van der Waals surface area (Å²) in [7, 11) is 0. The predicted octanol–water partition coefficient (Wildman–Crippen LogP) is 2.71. The Balaban J connectivity index is 1.29. The van der Waals surface area contributed by atoms with Crippen LogP contribution in [0, 0.1) is 0 Å². The fourth-order valence-electron chi connectivity index (χ4n) is 3.25. The van der Waals surface area contributed by atoms with Crippen LogP contribution in [0.3, 0.4) is 0 Å². The molecule has 1 heterocycles. The third-order valence-electron chi connectivity index (χ3n) is 4.99. The van der Waals surface area contributed by atoms with E-state index in [-0.39, 0.29) is 11.8 Å². The minimum Gasteiger partial charge on any atom is -0.300 e. The number of halogens is 1. The van der Waals surface area contributed by atoms with Gasteiger partial charge in [0.1, 0.15) is 0 Å². The highest BCUT2D eigenvalue weighted by Crippen LogP contribution is 2.10. The smallest absolute Gasteiger partial charge is 0.262 e. The molecule has 0 atom stereocenters. The Bertz CT molecular complexity index is 847. The fourth-order valence-corrected chi connectivity index (χ4v) is 3.38. The molecule has 1 saturated heterocycles. The van der Waals surface area contributed by atoms with Crippen molar-refractivity contribution in [1.29, 1.82) is 0 Å². The summed E-state index contributed by atoms with van der Waals surface area (Å²) in [5.41, 5.74) is 7.05. The number of hydrazine groups is 1. The van der Waals surface area contributed by atoms with Crippen LogP contribution in [-0.4, -0.2) is 54.3 Å². The Kier molecular flexibility index (Phi) is 8.44. The van der Waals surface area contributed by atoms with E-state index in [0.29, 0.717) is 18.0 Å². The zero-order chi connectivity index (χ0) is 21.2. The average Bonchev–Trinajstić information content (AvgIpc) is 2.77. The number of hydrogen-bond acceptors (Lipinski definition) is 4. The molecular formula is C23H27ClN4O2. The van der Waals surface area contributed by atoms with Gasteiger partial charge in [-0.25, -0.2) is 0 Å². The number of hydrogen-bond donors (Lipinski definition) is 2. The molecule has 158 valence electrons. The van der Waals surface area contributed by atoms with Crippen LogP contribution in [0.2, 0.25) is 5.02 Å². The third kappa shape index (κ3) is 7.63. The van der Waals surface area contributed by atoms with Crippen molar-refractivity contribution >= 4 is 29.5 Å². The van der Waals surface area contributed by atoms with Gasteiger partial charge in [0.15, 0.2) is 0 Å². The first-order valence-electron chi connectivity index (χ1n) is 10.1. The van der Waals surface area contributed by atoms with E-state index in [1.54, 1.807) is 18.2 Å². The van der Waals surface area contributed by atoms with E-state index in [1.165, 1.54) is 11.6 Å². The molecule has 6 nitrogen and oxygen atoms in total. The highest BCUT2D eigenvalue weighted by molar-refractivity contribution is 6.30. The lowest BCUT2D eigenvalue weighted by atomic mass is 10.2. The molecule has 0 bridgehead atoms. The number of piperazine rings is 1. The summed E-state index contributed by atoms with van der Waals surface area (Å²) < 4.78 is 0. The minimum absolute atomic E-state index is 0.199. The van der Waals surface area contributed by atoms with Crippen LogP contribution in [0.4, 0.5) is 0 Å². The molecule has 0 aromatic heterocycles. The van der Waals surface area contributed by atoms with E-state index in [1.807, 2.05) is 18.2 Å². The van der Waals surface area contributed by atoms with Gasteiger partial charge in [-0.2, -0.15) is 0 Å². The second-order valence-corrected chi connectivity index (χ2v) is 7.71. The summed E-state index contributed by atoms with van der Waals surface area (Å²) in [5, 5.41) is 0.640. The lowest BCUT2D eigenvalue weighted by Crippen LogP contribution is -2.47. The van der Waals surface area contributed by atoms with Crippen molar-refractivity contribution in [3.05, 3.63) is 76.8 Å². The normalized spacial score (nSPS) is 15.2. The maximum absolute atomic E-state index is 12.0. The lowest BCUT2D eigenvalue weighted by molar-refractivity contribution is -0.127. The Labute approximate surface area is 182 Å². The average molecular weight is 427 g/mol. The van der Waals surface area contributed by atoms with Gasteiger partial charge >= 0.3 is 0 Å². The number of nitrogens with zero attached hydrogens (tertiary/aromatic N) is 2. The maximum Gasteiger partial charge on any atom is 0.262 e. The number of amides is 2. The zero-order valence-electron chi connectivity index (χ0n) is 16.9. The van der Waals surface area contributed by atoms with Gasteiger partial charge in [0, 0.05) is 56.8 Å². The van der Waals surface area contributed by atoms with Crippen LogP contribution < -0.4 is 10.9 Å². The van der Waals surface area contributed by atoms with Crippen molar-refractivity contribution in [3.8, 4) is 0 Å². The number of nitrogens with one attached hydrogen (secondary N) is 2. The Morgan fingerprint density at radius 2 is 1.57 bits per heavy atom. The molecule has 1 fully saturated rings. The van der Waals surface area contributed by atoms with Gasteiger partial charge < -0.3 is 4.90 Å². The molecule has 1 aliphatic rings. The predicted molar refractivity (Wildman–Crippen MR) is 120 cm³/mol. The summed E-state index contributed by atoms with van der Waals surface area (Å²) >= 11 is 5.83. The minimum atomic E-state index is -0.382. The van der Waals surface area contributed by atoms with Crippen molar-refractivity contribution in [1.82, 2.24) is 20.7 Å². The molecule has 7 heteroatoms. The largest absolute Gasteiger partial charge is 0.300 e. The Morgan fingerprint density at radius 3 is 2.27 bits per heavy atom. The first-order valence-corrected chi connectivity index (χ1v) is 10.5. The van der Waals surface area contributed by atoms with Crippen molar-refractivity contribution in [2.24, 2.45) is 0 Å². The van der Waals surface area contributed by atoms with Crippen LogP contribution in [0.25, 0.3) is 6.08 Å². The van der Waals surface area contributed by atoms with Crippen molar-refractivity contribution in [3.63, 3.8) is 0 Å². The van der Waals surface area contributed by atoms with E-state index < -0.39 is 0 Å². The molecule has 1 aliphatic heterocycles. The molecule has 0 saturated carbocycles. The van der Waals surface area contributed by atoms with E-state index in [9.17, 15) is 9.59 Å². The quantitative estimate of drug-likeness (QED) is 0.527. The molecule has 30 heavy (non-hydrogen) atoms. The molecule has 3 rings (SSSR count). The van der Waals surface area contributed by atoms with E-state index in [2.05, 4.69) is 44.9 Å². The summed E-state index contributed by atoms with van der Waals surface area (Å²) in [6, 6.07) is 17.6. The number of carbonyl (C=O) groups excluding carboxylic acids is 2. The summed E-state index contributed by atoms with van der Waals surface area (Å²) in [5.74, 6) is -0.581. The second kappa shape index (κ2) is 11.5. The lowest BCUT2D eigenvalue weighted by Gasteiger charge is -2.34. The Hall–Kier alpha value is -2.67. The molecule has 2 N–H and O–H groups in total. The molecule has 2 aromatic rings. The van der Waals surface area contributed by atoms with Crippen LogP contribution in [0.1, 0.15) is 17.5 Å². The van der Waals surface area contributed by atoms with Gasteiger partial charge in [-0.1, -0.05) is 54.1 Å². The maximum atomic E-state index is 12.0. The molecule has 2 aromatic carbocycles. The zero-order valence-corrected chi connectivity index (χ0v) is 17.6. The number of carbonyl (C=O) groups is 2. The van der Waals surface area contributed by atoms with Crippen LogP contribution in [0.15, 0.2) is 60.7 Å². The van der Waals surface area contributed by atoms with E-state index in [4.69, 9.17) is 11.6 Å². The molecule has 2 amide bonds. The summed E-state index contributed by atoms with van der Waals surface area (Å²) in [6.45, 7) is 5.50. The Morgan fingerprint density at radius 1 is 0.900 bits per heavy atom. The molecular weight excluding hydrogens is 400 g/mol.